The number of Topliss-reactive ketones (excluding diaryl/α,β-unsaturated/α-hetero) is 1. The third kappa shape index (κ3) is 3.04. The smallest absolute Gasteiger partial charge is 0.177 e. The summed E-state index contributed by atoms with van der Waals surface area (Å²) in [6.45, 7) is 4.18. The van der Waals surface area contributed by atoms with Gasteiger partial charge in [0.1, 0.15) is 0 Å². The van der Waals surface area contributed by atoms with Crippen LogP contribution in [0.4, 0.5) is 0 Å². The van der Waals surface area contributed by atoms with Gasteiger partial charge >= 0.3 is 0 Å². The quantitative estimate of drug-likeness (QED) is 0.869. The predicted octanol–water partition coefficient (Wildman–Crippen LogP) is 2.80. The maximum absolute atomic E-state index is 12.5. The molecule has 1 aliphatic carbocycles. The molecule has 21 heavy (non-hydrogen) atoms. The number of rotatable bonds is 3. The van der Waals surface area contributed by atoms with Crippen molar-refractivity contribution >= 4 is 5.78 Å². The third-order valence-corrected chi connectivity index (χ3v) is 5.32. The van der Waals surface area contributed by atoms with Crippen LogP contribution in [0.15, 0.2) is 24.3 Å². The standard InChI is InChI=1S/C18H25NO2/c1-14-6-2-3-8-16(14)17(20)13-19-11-10-18(21)9-5-4-7-15(18)12-19/h2-3,6,8,15,21H,4-5,7,9-13H2,1H3. The Hall–Kier alpha value is -1.19. The maximum Gasteiger partial charge on any atom is 0.177 e. The van der Waals surface area contributed by atoms with Crippen molar-refractivity contribution in [2.24, 2.45) is 5.92 Å². The summed E-state index contributed by atoms with van der Waals surface area (Å²) in [7, 11) is 0. The first-order chi connectivity index (χ1) is 10.1. The fourth-order valence-corrected chi connectivity index (χ4v) is 3.96. The fraction of sp³-hybridized carbons (Fsp3) is 0.611. The number of likely N-dealkylation sites (tertiary alicyclic amines) is 1. The molecule has 114 valence electrons. The van der Waals surface area contributed by atoms with Crippen molar-refractivity contribution in [3.05, 3.63) is 35.4 Å². The molecular weight excluding hydrogens is 262 g/mol. The molecule has 2 fully saturated rings. The van der Waals surface area contributed by atoms with Crippen molar-refractivity contribution in [2.75, 3.05) is 19.6 Å². The summed E-state index contributed by atoms with van der Waals surface area (Å²) in [5.41, 5.74) is 1.43. The summed E-state index contributed by atoms with van der Waals surface area (Å²) in [5, 5.41) is 10.7. The van der Waals surface area contributed by atoms with E-state index in [2.05, 4.69) is 4.90 Å². The van der Waals surface area contributed by atoms with E-state index in [1.54, 1.807) is 0 Å². The Morgan fingerprint density at radius 2 is 2.14 bits per heavy atom. The number of carbonyl (C=O) groups excluding carboxylic acids is 1. The summed E-state index contributed by atoms with van der Waals surface area (Å²) >= 11 is 0. The Bertz CT molecular complexity index is 528. The SMILES string of the molecule is Cc1ccccc1C(=O)CN1CCC2(O)CCCCC2C1. The van der Waals surface area contributed by atoms with Crippen LogP contribution < -0.4 is 0 Å². The molecule has 1 aromatic carbocycles. The molecule has 1 saturated heterocycles. The lowest BCUT2D eigenvalue weighted by Crippen LogP contribution is -2.54. The summed E-state index contributed by atoms with van der Waals surface area (Å²) in [4.78, 5) is 14.7. The monoisotopic (exact) mass is 287 g/mol. The molecule has 1 aromatic rings. The van der Waals surface area contributed by atoms with Gasteiger partial charge in [-0.05, 0) is 31.7 Å². The molecule has 2 unspecified atom stereocenters. The van der Waals surface area contributed by atoms with Gasteiger partial charge in [0.15, 0.2) is 5.78 Å². The van der Waals surface area contributed by atoms with Gasteiger partial charge < -0.3 is 5.11 Å². The van der Waals surface area contributed by atoms with E-state index in [0.29, 0.717) is 12.5 Å². The largest absolute Gasteiger partial charge is 0.390 e. The number of hydrogen-bond donors (Lipinski definition) is 1. The van der Waals surface area contributed by atoms with Gasteiger partial charge in [0.2, 0.25) is 0 Å². The third-order valence-electron chi connectivity index (χ3n) is 5.32. The highest BCUT2D eigenvalue weighted by Gasteiger charge is 2.42. The first kappa shape index (κ1) is 14.7. The van der Waals surface area contributed by atoms with Crippen molar-refractivity contribution in [3.8, 4) is 0 Å². The van der Waals surface area contributed by atoms with E-state index in [1.165, 1.54) is 6.42 Å². The summed E-state index contributed by atoms with van der Waals surface area (Å²) in [6.07, 6.45) is 5.23. The zero-order valence-corrected chi connectivity index (χ0v) is 12.8. The number of ketones is 1. The molecule has 3 rings (SSSR count). The van der Waals surface area contributed by atoms with Crippen molar-refractivity contribution < 1.29 is 9.90 Å². The van der Waals surface area contributed by atoms with E-state index in [4.69, 9.17) is 0 Å². The highest BCUT2D eigenvalue weighted by Crippen LogP contribution is 2.39. The van der Waals surface area contributed by atoms with Gasteiger partial charge in [-0.2, -0.15) is 0 Å². The lowest BCUT2D eigenvalue weighted by Gasteiger charge is -2.47. The molecule has 0 aromatic heterocycles. The van der Waals surface area contributed by atoms with E-state index < -0.39 is 5.60 Å². The van der Waals surface area contributed by atoms with Crippen LogP contribution in [-0.4, -0.2) is 41.0 Å². The second-order valence-electron chi connectivity index (χ2n) is 6.77. The number of hydrogen-bond acceptors (Lipinski definition) is 3. The minimum Gasteiger partial charge on any atom is -0.390 e. The molecule has 0 radical (unpaired) electrons. The molecule has 1 heterocycles. The van der Waals surface area contributed by atoms with Crippen molar-refractivity contribution in [1.29, 1.82) is 0 Å². The lowest BCUT2D eigenvalue weighted by molar-refractivity contribution is -0.0936. The van der Waals surface area contributed by atoms with Crippen LogP contribution in [0.2, 0.25) is 0 Å². The van der Waals surface area contributed by atoms with Gasteiger partial charge in [0.05, 0.1) is 12.1 Å². The normalized spacial score (nSPS) is 29.9. The molecule has 1 N–H and O–H groups in total. The number of carbonyl (C=O) groups is 1. The Balaban J connectivity index is 1.64. The first-order valence-corrected chi connectivity index (χ1v) is 8.12. The van der Waals surface area contributed by atoms with Gasteiger partial charge in [-0.15, -0.1) is 0 Å². The van der Waals surface area contributed by atoms with Crippen LogP contribution in [0.25, 0.3) is 0 Å². The van der Waals surface area contributed by atoms with Crippen molar-refractivity contribution in [2.45, 2.75) is 44.6 Å². The van der Waals surface area contributed by atoms with Gasteiger partial charge in [-0.1, -0.05) is 37.1 Å². The minimum absolute atomic E-state index is 0.203. The highest BCUT2D eigenvalue weighted by molar-refractivity contribution is 5.98. The number of piperidine rings is 1. The average molecular weight is 287 g/mol. The number of aryl methyl sites for hydroxylation is 1. The molecule has 1 saturated carbocycles. The highest BCUT2D eigenvalue weighted by atomic mass is 16.3. The van der Waals surface area contributed by atoms with E-state index in [-0.39, 0.29) is 5.78 Å². The van der Waals surface area contributed by atoms with Crippen molar-refractivity contribution in [1.82, 2.24) is 4.90 Å². The molecule has 2 aliphatic rings. The van der Waals surface area contributed by atoms with Crippen LogP contribution in [0.1, 0.15) is 48.0 Å². The van der Waals surface area contributed by atoms with Gasteiger partial charge in [0.25, 0.3) is 0 Å². The van der Waals surface area contributed by atoms with E-state index in [9.17, 15) is 9.90 Å². The second-order valence-corrected chi connectivity index (χ2v) is 6.77. The van der Waals surface area contributed by atoms with Crippen LogP contribution >= 0.6 is 0 Å². The summed E-state index contributed by atoms with van der Waals surface area (Å²) in [5.74, 6) is 0.555. The topological polar surface area (TPSA) is 40.5 Å². The fourth-order valence-electron chi connectivity index (χ4n) is 3.96. The molecule has 2 atom stereocenters. The number of nitrogens with zero attached hydrogens (tertiary/aromatic N) is 1. The zero-order chi connectivity index (χ0) is 14.9. The Kier molecular flexibility index (Phi) is 4.14. The summed E-state index contributed by atoms with van der Waals surface area (Å²) in [6, 6.07) is 7.80. The Morgan fingerprint density at radius 3 is 2.95 bits per heavy atom. The average Bonchev–Trinajstić information content (AvgIpc) is 2.48. The number of aliphatic hydroxyl groups is 1. The molecule has 3 nitrogen and oxygen atoms in total. The van der Waals surface area contributed by atoms with Crippen LogP contribution in [0, 0.1) is 12.8 Å². The number of fused-ring (bicyclic) bond motifs is 1. The maximum atomic E-state index is 12.5. The summed E-state index contributed by atoms with van der Waals surface area (Å²) < 4.78 is 0. The number of benzene rings is 1. The van der Waals surface area contributed by atoms with E-state index in [0.717, 1.165) is 49.9 Å². The predicted molar refractivity (Wildman–Crippen MR) is 83.5 cm³/mol. The second kappa shape index (κ2) is 5.90. The molecule has 0 amide bonds. The molecular formula is C18H25NO2. The van der Waals surface area contributed by atoms with Crippen LogP contribution in [0.5, 0.6) is 0 Å². The minimum atomic E-state index is -0.458. The van der Waals surface area contributed by atoms with Gasteiger partial charge in [-0.25, -0.2) is 0 Å². The molecule has 0 bridgehead atoms. The Labute approximate surface area is 127 Å². The van der Waals surface area contributed by atoms with Gasteiger partial charge in [-0.3, -0.25) is 9.69 Å². The molecule has 3 heteroatoms. The van der Waals surface area contributed by atoms with E-state index >= 15 is 0 Å². The van der Waals surface area contributed by atoms with Crippen LogP contribution in [-0.2, 0) is 0 Å². The molecule has 0 spiro atoms. The van der Waals surface area contributed by atoms with Gasteiger partial charge in [0, 0.05) is 24.6 Å². The first-order valence-electron chi connectivity index (χ1n) is 8.12. The van der Waals surface area contributed by atoms with Crippen molar-refractivity contribution in [3.63, 3.8) is 0 Å². The lowest BCUT2D eigenvalue weighted by atomic mass is 9.71. The van der Waals surface area contributed by atoms with Crippen LogP contribution in [0.3, 0.4) is 0 Å². The molecule has 1 aliphatic heterocycles. The Morgan fingerprint density at radius 1 is 1.33 bits per heavy atom. The zero-order valence-electron chi connectivity index (χ0n) is 12.8. The van der Waals surface area contributed by atoms with E-state index in [1.807, 2.05) is 31.2 Å².